The number of hydrogen-bond acceptors (Lipinski definition) is 5. The van der Waals surface area contributed by atoms with Crippen LogP contribution in [0.3, 0.4) is 0 Å². The van der Waals surface area contributed by atoms with Gasteiger partial charge in [-0.05, 0) is 49.2 Å². The van der Waals surface area contributed by atoms with Crippen LogP contribution in [0.1, 0.15) is 37.9 Å². The topological polar surface area (TPSA) is 64.2 Å². The summed E-state index contributed by atoms with van der Waals surface area (Å²) in [4.78, 5) is 14.7. The summed E-state index contributed by atoms with van der Waals surface area (Å²) in [6, 6.07) is 11.6. The van der Waals surface area contributed by atoms with Crippen molar-refractivity contribution >= 4 is 29.3 Å². The molecule has 3 aromatic rings. The summed E-state index contributed by atoms with van der Waals surface area (Å²) < 4.78 is 7.52. The van der Waals surface area contributed by atoms with Crippen LogP contribution in [0.15, 0.2) is 52.2 Å². The van der Waals surface area contributed by atoms with Gasteiger partial charge in [0.1, 0.15) is 5.76 Å². The summed E-state index contributed by atoms with van der Waals surface area (Å²) in [5.41, 5.74) is 0.913. The second-order valence-corrected chi connectivity index (χ2v) is 8.94. The fourth-order valence-corrected chi connectivity index (χ4v) is 4.80. The Kier molecular flexibility index (Phi) is 6.79. The van der Waals surface area contributed by atoms with Gasteiger partial charge in [0.15, 0.2) is 11.0 Å². The summed E-state index contributed by atoms with van der Waals surface area (Å²) in [5, 5.41) is 10.1. The van der Waals surface area contributed by atoms with Gasteiger partial charge < -0.3 is 9.32 Å². The van der Waals surface area contributed by atoms with Gasteiger partial charge in [-0.25, -0.2) is 0 Å². The Bertz CT molecular complexity index is 966. The molecule has 0 atom stereocenters. The van der Waals surface area contributed by atoms with Crippen LogP contribution >= 0.6 is 23.4 Å². The number of benzene rings is 1. The Morgan fingerprint density at radius 1 is 1.20 bits per heavy atom. The zero-order valence-electron chi connectivity index (χ0n) is 17.0. The number of carbonyl (C=O) groups is 1. The normalized spacial score (nSPS) is 14.7. The minimum atomic E-state index is 0.132. The highest BCUT2D eigenvalue weighted by atomic mass is 35.5. The van der Waals surface area contributed by atoms with Gasteiger partial charge in [0.2, 0.25) is 5.91 Å². The Morgan fingerprint density at radius 2 is 1.97 bits per heavy atom. The van der Waals surface area contributed by atoms with Crippen LogP contribution in [0.4, 0.5) is 0 Å². The highest BCUT2D eigenvalue weighted by Crippen LogP contribution is 2.27. The van der Waals surface area contributed by atoms with Crippen LogP contribution in [-0.2, 0) is 11.3 Å². The summed E-state index contributed by atoms with van der Waals surface area (Å²) >= 11 is 7.45. The van der Waals surface area contributed by atoms with Crippen LogP contribution in [-0.4, -0.2) is 44.4 Å². The van der Waals surface area contributed by atoms with Gasteiger partial charge >= 0.3 is 0 Å². The summed E-state index contributed by atoms with van der Waals surface area (Å²) in [6.07, 6.45) is 7.53. The van der Waals surface area contributed by atoms with Crippen molar-refractivity contribution in [3.8, 4) is 11.4 Å². The van der Waals surface area contributed by atoms with E-state index in [1.54, 1.807) is 6.26 Å². The van der Waals surface area contributed by atoms with Crippen LogP contribution in [0.25, 0.3) is 11.4 Å². The summed E-state index contributed by atoms with van der Waals surface area (Å²) in [6.45, 7) is 0.493. The molecule has 1 aromatic carbocycles. The van der Waals surface area contributed by atoms with Crippen molar-refractivity contribution in [1.29, 1.82) is 0 Å². The molecule has 158 valence electrons. The van der Waals surface area contributed by atoms with Gasteiger partial charge in [-0.3, -0.25) is 9.36 Å². The van der Waals surface area contributed by atoms with Crippen molar-refractivity contribution < 1.29 is 9.21 Å². The SMILES string of the molecule is CN(C(=O)CSc1nnc(-c2ccc(Cl)cc2)n1Cc1ccco1)C1CCCCC1. The maximum Gasteiger partial charge on any atom is 0.233 e. The second-order valence-electron chi connectivity index (χ2n) is 7.56. The first kappa shape index (κ1) is 21.0. The Hall–Kier alpha value is -2.25. The maximum absolute atomic E-state index is 12.8. The van der Waals surface area contributed by atoms with Crippen LogP contribution in [0, 0.1) is 0 Å². The van der Waals surface area contributed by atoms with Crippen LogP contribution in [0.5, 0.6) is 0 Å². The number of hydrogen-bond donors (Lipinski definition) is 0. The highest BCUT2D eigenvalue weighted by molar-refractivity contribution is 7.99. The number of nitrogens with zero attached hydrogens (tertiary/aromatic N) is 4. The third kappa shape index (κ3) is 4.90. The number of amides is 1. The Balaban J connectivity index is 1.52. The smallest absolute Gasteiger partial charge is 0.233 e. The number of aromatic nitrogens is 3. The minimum Gasteiger partial charge on any atom is -0.467 e. The molecule has 0 radical (unpaired) electrons. The van der Waals surface area contributed by atoms with E-state index < -0.39 is 0 Å². The van der Waals surface area contributed by atoms with Gasteiger partial charge in [-0.2, -0.15) is 0 Å². The van der Waals surface area contributed by atoms with Crippen molar-refractivity contribution in [1.82, 2.24) is 19.7 Å². The summed E-state index contributed by atoms with van der Waals surface area (Å²) in [7, 11) is 1.92. The van der Waals surface area contributed by atoms with Gasteiger partial charge in [-0.1, -0.05) is 42.6 Å². The first-order valence-corrected chi connectivity index (χ1v) is 11.6. The average Bonchev–Trinajstić information content (AvgIpc) is 3.43. The third-order valence-electron chi connectivity index (χ3n) is 5.55. The van der Waals surface area contributed by atoms with E-state index in [0.717, 1.165) is 30.0 Å². The molecule has 0 unspecified atom stereocenters. The fourth-order valence-electron chi connectivity index (χ4n) is 3.81. The molecule has 0 spiro atoms. The van der Waals surface area contributed by atoms with E-state index in [1.165, 1.54) is 31.0 Å². The lowest BCUT2D eigenvalue weighted by atomic mass is 9.94. The molecular weight excluding hydrogens is 420 g/mol. The average molecular weight is 445 g/mol. The molecular formula is C22H25ClN4O2S. The number of carbonyl (C=O) groups excluding carboxylic acids is 1. The van der Waals surface area contributed by atoms with Crippen molar-refractivity contribution in [3.05, 3.63) is 53.4 Å². The van der Waals surface area contributed by atoms with E-state index in [9.17, 15) is 4.79 Å². The predicted molar refractivity (Wildman–Crippen MR) is 119 cm³/mol. The van der Waals surface area contributed by atoms with Crippen molar-refractivity contribution in [2.45, 2.75) is 49.8 Å². The lowest BCUT2D eigenvalue weighted by Gasteiger charge is -2.31. The molecule has 0 bridgehead atoms. The lowest BCUT2D eigenvalue weighted by Crippen LogP contribution is -2.39. The molecule has 8 heteroatoms. The predicted octanol–water partition coefficient (Wildman–Crippen LogP) is 5.12. The molecule has 6 nitrogen and oxygen atoms in total. The van der Waals surface area contributed by atoms with Crippen molar-refractivity contribution in [2.75, 3.05) is 12.8 Å². The number of rotatable bonds is 7. The van der Waals surface area contributed by atoms with Crippen molar-refractivity contribution in [3.63, 3.8) is 0 Å². The minimum absolute atomic E-state index is 0.132. The van der Waals surface area contributed by atoms with Gasteiger partial charge in [-0.15, -0.1) is 10.2 Å². The Labute approximate surface area is 185 Å². The fraction of sp³-hybridized carbons (Fsp3) is 0.409. The molecule has 1 aliphatic rings. The Morgan fingerprint density at radius 3 is 2.67 bits per heavy atom. The molecule has 30 heavy (non-hydrogen) atoms. The second kappa shape index (κ2) is 9.71. The third-order valence-corrected chi connectivity index (χ3v) is 6.76. The zero-order chi connectivity index (χ0) is 20.9. The number of halogens is 1. The molecule has 4 rings (SSSR count). The molecule has 1 saturated carbocycles. The van der Waals surface area contributed by atoms with E-state index in [0.29, 0.717) is 28.5 Å². The molecule has 0 aliphatic heterocycles. The number of thioether (sulfide) groups is 1. The first-order chi connectivity index (χ1) is 14.6. The molecule has 1 amide bonds. The molecule has 1 fully saturated rings. The van der Waals surface area contributed by atoms with E-state index in [2.05, 4.69) is 10.2 Å². The molecule has 2 aromatic heterocycles. The molecule has 0 saturated heterocycles. The maximum atomic E-state index is 12.8. The number of furan rings is 1. The van der Waals surface area contributed by atoms with E-state index in [4.69, 9.17) is 16.0 Å². The van der Waals surface area contributed by atoms with Gasteiger partial charge in [0.25, 0.3) is 0 Å². The van der Waals surface area contributed by atoms with Crippen LogP contribution in [0.2, 0.25) is 5.02 Å². The van der Waals surface area contributed by atoms with E-state index >= 15 is 0 Å². The largest absolute Gasteiger partial charge is 0.467 e. The van der Waals surface area contributed by atoms with E-state index in [1.807, 2.05) is 52.9 Å². The molecule has 0 N–H and O–H groups in total. The first-order valence-electron chi connectivity index (χ1n) is 10.2. The van der Waals surface area contributed by atoms with Crippen LogP contribution < -0.4 is 0 Å². The monoisotopic (exact) mass is 444 g/mol. The molecule has 2 heterocycles. The zero-order valence-corrected chi connectivity index (χ0v) is 18.5. The standard InChI is InChI=1S/C22H25ClN4O2S/c1-26(18-6-3-2-4-7-18)20(28)15-30-22-25-24-21(16-9-11-17(23)12-10-16)27(22)14-19-8-5-13-29-19/h5,8-13,18H,2-4,6-7,14-15H2,1H3. The van der Waals surface area contributed by atoms with E-state index in [-0.39, 0.29) is 5.91 Å². The quantitative estimate of drug-likeness (QED) is 0.473. The highest BCUT2D eigenvalue weighted by Gasteiger charge is 2.23. The molecule has 1 aliphatic carbocycles. The lowest BCUT2D eigenvalue weighted by molar-refractivity contribution is -0.129. The summed E-state index contributed by atoms with van der Waals surface area (Å²) in [5.74, 6) is 1.99. The van der Waals surface area contributed by atoms with Crippen molar-refractivity contribution in [2.24, 2.45) is 0 Å². The van der Waals surface area contributed by atoms with Gasteiger partial charge in [0, 0.05) is 23.7 Å². The van der Waals surface area contributed by atoms with Gasteiger partial charge in [0.05, 0.1) is 18.6 Å².